The zero-order valence-corrected chi connectivity index (χ0v) is 17.1. The molecule has 0 aliphatic carbocycles. The van der Waals surface area contributed by atoms with Crippen molar-refractivity contribution in [1.82, 2.24) is 15.0 Å². The molecule has 0 aliphatic heterocycles. The minimum absolute atomic E-state index is 0.120. The maximum atomic E-state index is 12.4. The Morgan fingerprint density at radius 2 is 2.00 bits per heavy atom. The molecular weight excluding hydrogens is 388 g/mol. The predicted octanol–water partition coefficient (Wildman–Crippen LogP) is 5.13. The molecule has 0 aliphatic rings. The van der Waals surface area contributed by atoms with Crippen LogP contribution in [0, 0.1) is 13.8 Å². The van der Waals surface area contributed by atoms with Gasteiger partial charge in [-0.1, -0.05) is 17.7 Å². The summed E-state index contributed by atoms with van der Waals surface area (Å²) in [6, 6.07) is 10.1. The molecule has 0 bridgehead atoms. The minimum Gasteiger partial charge on any atom is -0.302 e. The van der Waals surface area contributed by atoms with E-state index >= 15 is 0 Å². The minimum atomic E-state index is -0.120. The lowest BCUT2D eigenvalue weighted by molar-refractivity contribution is -0.115. The highest BCUT2D eigenvalue weighted by Crippen LogP contribution is 2.28. The third-order valence-electron chi connectivity index (χ3n) is 4.22. The molecule has 1 aromatic carbocycles. The van der Waals surface area contributed by atoms with Crippen LogP contribution in [0.2, 0.25) is 0 Å². The highest BCUT2D eigenvalue weighted by molar-refractivity contribution is 7.14. The average Bonchev–Trinajstić information content (AvgIpc) is 3.34. The van der Waals surface area contributed by atoms with Crippen molar-refractivity contribution in [1.29, 1.82) is 0 Å². The Morgan fingerprint density at radius 3 is 2.82 bits per heavy atom. The second kappa shape index (κ2) is 8.00. The molecule has 1 amide bonds. The summed E-state index contributed by atoms with van der Waals surface area (Å²) in [6.07, 6.45) is 3.72. The van der Waals surface area contributed by atoms with Gasteiger partial charge < -0.3 is 5.32 Å². The number of carbonyl (C=O) groups excluding carboxylic acids is 1. The van der Waals surface area contributed by atoms with Gasteiger partial charge in [-0.3, -0.25) is 9.78 Å². The Balaban J connectivity index is 1.43. The third-order valence-corrected chi connectivity index (χ3v) is 5.92. The fraction of sp³-hybridized carbons (Fsp3) is 0.143. The van der Waals surface area contributed by atoms with Gasteiger partial charge >= 0.3 is 0 Å². The fourth-order valence-corrected chi connectivity index (χ4v) is 4.34. The van der Waals surface area contributed by atoms with E-state index in [2.05, 4.69) is 52.3 Å². The van der Waals surface area contributed by atoms with Crippen molar-refractivity contribution in [3.8, 4) is 21.8 Å². The molecule has 4 aromatic rings. The topological polar surface area (TPSA) is 67.8 Å². The first-order chi connectivity index (χ1) is 13.6. The standard InChI is InChI=1S/C21H18N4OS2/c1-13-5-6-14(2)17(8-13)18-12-28-21(24-18)25-19(26)9-16-11-27-20(23-16)15-4-3-7-22-10-15/h3-8,10-12H,9H2,1-2H3,(H,24,25,26). The number of rotatable bonds is 5. The van der Waals surface area contributed by atoms with Crippen molar-refractivity contribution >= 4 is 33.7 Å². The van der Waals surface area contributed by atoms with E-state index in [1.165, 1.54) is 33.8 Å². The van der Waals surface area contributed by atoms with Crippen molar-refractivity contribution in [2.75, 3.05) is 5.32 Å². The smallest absolute Gasteiger partial charge is 0.232 e. The zero-order valence-electron chi connectivity index (χ0n) is 15.5. The monoisotopic (exact) mass is 406 g/mol. The summed E-state index contributed by atoms with van der Waals surface area (Å²) >= 11 is 2.94. The maximum absolute atomic E-state index is 12.4. The van der Waals surface area contributed by atoms with Crippen LogP contribution in [0.15, 0.2) is 53.5 Å². The number of anilines is 1. The molecular formula is C21H18N4OS2. The number of benzene rings is 1. The van der Waals surface area contributed by atoms with Crippen LogP contribution in [0.1, 0.15) is 16.8 Å². The highest BCUT2D eigenvalue weighted by atomic mass is 32.1. The van der Waals surface area contributed by atoms with E-state index in [4.69, 9.17) is 0 Å². The Morgan fingerprint density at radius 1 is 1.11 bits per heavy atom. The molecule has 0 saturated carbocycles. The number of hydrogen-bond acceptors (Lipinski definition) is 6. The zero-order chi connectivity index (χ0) is 19.5. The van der Waals surface area contributed by atoms with Gasteiger partial charge in [0, 0.05) is 34.3 Å². The Labute approximate surface area is 171 Å². The Hall–Kier alpha value is -2.90. The lowest BCUT2D eigenvalue weighted by atomic mass is 10.0. The van der Waals surface area contributed by atoms with Crippen molar-refractivity contribution in [3.63, 3.8) is 0 Å². The molecule has 0 atom stereocenters. The number of aromatic nitrogens is 3. The summed E-state index contributed by atoms with van der Waals surface area (Å²) in [5.41, 5.74) is 6.03. The third kappa shape index (κ3) is 4.16. The van der Waals surface area contributed by atoms with E-state index in [0.717, 1.165) is 27.5 Å². The molecule has 28 heavy (non-hydrogen) atoms. The second-order valence-corrected chi connectivity index (χ2v) is 8.18. The first-order valence-corrected chi connectivity index (χ1v) is 10.5. The van der Waals surface area contributed by atoms with Crippen molar-refractivity contribution in [3.05, 3.63) is 70.3 Å². The van der Waals surface area contributed by atoms with Gasteiger partial charge in [-0.15, -0.1) is 22.7 Å². The lowest BCUT2D eigenvalue weighted by Crippen LogP contribution is -2.14. The molecule has 0 unspecified atom stereocenters. The number of nitrogens with zero attached hydrogens (tertiary/aromatic N) is 3. The summed E-state index contributed by atoms with van der Waals surface area (Å²) in [7, 11) is 0. The second-order valence-electron chi connectivity index (χ2n) is 6.47. The summed E-state index contributed by atoms with van der Waals surface area (Å²) in [5, 5.41) is 8.23. The summed E-state index contributed by atoms with van der Waals surface area (Å²) in [4.78, 5) is 25.6. The fourth-order valence-electron chi connectivity index (χ4n) is 2.80. The molecule has 4 rings (SSSR count). The SMILES string of the molecule is Cc1ccc(C)c(-c2csc(NC(=O)Cc3csc(-c4cccnc4)n3)n2)c1. The van der Waals surface area contributed by atoms with Crippen LogP contribution >= 0.6 is 22.7 Å². The molecule has 0 saturated heterocycles. The summed E-state index contributed by atoms with van der Waals surface area (Å²) < 4.78 is 0. The molecule has 5 nitrogen and oxygen atoms in total. The van der Waals surface area contributed by atoms with E-state index in [1.54, 1.807) is 12.4 Å². The molecule has 3 aromatic heterocycles. The number of hydrogen-bond donors (Lipinski definition) is 1. The van der Waals surface area contributed by atoms with Crippen molar-refractivity contribution in [2.45, 2.75) is 20.3 Å². The van der Waals surface area contributed by atoms with E-state index in [9.17, 15) is 4.79 Å². The van der Waals surface area contributed by atoms with Crippen LogP contribution in [0.3, 0.4) is 0 Å². The van der Waals surface area contributed by atoms with E-state index in [1.807, 2.05) is 22.9 Å². The molecule has 3 heterocycles. The first kappa shape index (κ1) is 18.5. The van der Waals surface area contributed by atoms with Gasteiger partial charge in [-0.05, 0) is 37.6 Å². The van der Waals surface area contributed by atoms with Crippen LogP contribution in [-0.4, -0.2) is 20.9 Å². The van der Waals surface area contributed by atoms with E-state index in [-0.39, 0.29) is 12.3 Å². The predicted molar refractivity (Wildman–Crippen MR) is 115 cm³/mol. The molecule has 0 radical (unpaired) electrons. The number of aryl methyl sites for hydroxylation is 2. The average molecular weight is 407 g/mol. The van der Waals surface area contributed by atoms with Crippen LogP contribution < -0.4 is 5.32 Å². The van der Waals surface area contributed by atoms with Gasteiger partial charge in [-0.25, -0.2) is 9.97 Å². The van der Waals surface area contributed by atoms with Crippen LogP contribution in [-0.2, 0) is 11.2 Å². The number of carbonyl (C=O) groups is 1. The van der Waals surface area contributed by atoms with E-state index < -0.39 is 0 Å². The van der Waals surface area contributed by atoms with E-state index in [0.29, 0.717) is 5.13 Å². The van der Waals surface area contributed by atoms with Gasteiger partial charge in [0.25, 0.3) is 0 Å². The largest absolute Gasteiger partial charge is 0.302 e. The normalized spacial score (nSPS) is 10.8. The number of nitrogens with one attached hydrogen (secondary N) is 1. The van der Waals surface area contributed by atoms with Crippen molar-refractivity contribution < 1.29 is 4.79 Å². The highest BCUT2D eigenvalue weighted by Gasteiger charge is 2.12. The van der Waals surface area contributed by atoms with Gasteiger partial charge in [0.15, 0.2) is 5.13 Å². The summed E-state index contributed by atoms with van der Waals surface area (Å²) in [5.74, 6) is -0.120. The van der Waals surface area contributed by atoms with Crippen LogP contribution in [0.4, 0.5) is 5.13 Å². The maximum Gasteiger partial charge on any atom is 0.232 e. The van der Waals surface area contributed by atoms with Gasteiger partial charge in [0.05, 0.1) is 17.8 Å². The molecule has 0 fully saturated rings. The summed E-state index contributed by atoms with van der Waals surface area (Å²) in [6.45, 7) is 4.13. The Kier molecular flexibility index (Phi) is 5.27. The van der Waals surface area contributed by atoms with Crippen LogP contribution in [0.5, 0.6) is 0 Å². The van der Waals surface area contributed by atoms with Gasteiger partial charge in [0.1, 0.15) is 5.01 Å². The number of thiazole rings is 2. The molecule has 140 valence electrons. The number of amides is 1. The van der Waals surface area contributed by atoms with Crippen molar-refractivity contribution in [2.24, 2.45) is 0 Å². The quantitative estimate of drug-likeness (QED) is 0.499. The van der Waals surface area contributed by atoms with Crippen LogP contribution in [0.25, 0.3) is 21.8 Å². The lowest BCUT2D eigenvalue weighted by Gasteiger charge is -2.04. The molecule has 1 N–H and O–H groups in total. The van der Waals surface area contributed by atoms with Gasteiger partial charge in [-0.2, -0.15) is 0 Å². The first-order valence-electron chi connectivity index (χ1n) is 8.76. The van der Waals surface area contributed by atoms with Gasteiger partial charge in [0.2, 0.25) is 5.91 Å². The Bertz CT molecular complexity index is 1120. The molecule has 0 spiro atoms. The molecule has 7 heteroatoms. The number of pyridine rings is 1.